The maximum absolute atomic E-state index is 12.0. The molecule has 9 heteroatoms. The van der Waals surface area contributed by atoms with Crippen LogP contribution in [0.15, 0.2) is 42.5 Å². The van der Waals surface area contributed by atoms with Crippen molar-refractivity contribution in [3.05, 3.63) is 48.0 Å². The van der Waals surface area contributed by atoms with Crippen LogP contribution < -0.4 is 16.0 Å². The minimum absolute atomic E-state index is 0.128. The maximum Gasteiger partial charge on any atom is 0.407 e. The van der Waals surface area contributed by atoms with Crippen molar-refractivity contribution in [2.75, 3.05) is 10.6 Å². The Morgan fingerprint density at radius 3 is 2.45 bits per heavy atom. The van der Waals surface area contributed by atoms with Gasteiger partial charge >= 0.3 is 6.09 Å². The molecule has 0 radical (unpaired) electrons. The number of pyridine rings is 1. The van der Waals surface area contributed by atoms with Crippen molar-refractivity contribution in [2.45, 2.75) is 64.1 Å². The number of rotatable bonds is 5. The minimum Gasteiger partial charge on any atom is -0.444 e. The summed E-state index contributed by atoms with van der Waals surface area (Å²) in [5.41, 5.74) is 1.66. The summed E-state index contributed by atoms with van der Waals surface area (Å²) in [5, 5.41) is 23.3. The van der Waals surface area contributed by atoms with E-state index in [4.69, 9.17) is 10.00 Å². The van der Waals surface area contributed by atoms with Gasteiger partial charge in [-0.3, -0.25) is 0 Å². The lowest BCUT2D eigenvalue weighted by molar-refractivity contribution is 0.0492. The Morgan fingerprint density at radius 1 is 1.09 bits per heavy atom. The number of nitriles is 1. The van der Waals surface area contributed by atoms with E-state index in [-0.39, 0.29) is 18.2 Å². The second kappa shape index (κ2) is 9.36. The highest BCUT2D eigenvalue weighted by Gasteiger charge is 2.25. The number of benzene rings is 1. The highest BCUT2D eigenvalue weighted by molar-refractivity contribution is 5.68. The van der Waals surface area contributed by atoms with Crippen LogP contribution in [0, 0.1) is 11.3 Å². The number of nitrogens with zero attached hydrogens (tertiary/aromatic N) is 4. The first kappa shape index (κ1) is 22.4. The molecule has 9 nitrogen and oxygen atoms in total. The maximum atomic E-state index is 12.0. The third kappa shape index (κ3) is 5.92. The molecule has 1 fully saturated rings. The Bertz CT molecular complexity index is 1150. The van der Waals surface area contributed by atoms with Crippen molar-refractivity contribution in [3.8, 4) is 6.07 Å². The number of alkyl carbamates (subject to hydrolysis) is 1. The number of aromatic nitrogens is 3. The summed E-state index contributed by atoms with van der Waals surface area (Å²) >= 11 is 0. The van der Waals surface area contributed by atoms with E-state index in [1.165, 1.54) is 0 Å². The van der Waals surface area contributed by atoms with Crippen LogP contribution in [-0.2, 0) is 4.74 Å². The molecule has 0 bridgehead atoms. The van der Waals surface area contributed by atoms with E-state index >= 15 is 0 Å². The first-order valence-electron chi connectivity index (χ1n) is 11.2. The summed E-state index contributed by atoms with van der Waals surface area (Å²) in [6.45, 7) is 5.59. The molecule has 33 heavy (non-hydrogen) atoms. The van der Waals surface area contributed by atoms with Gasteiger partial charge in [0.05, 0.1) is 11.6 Å². The van der Waals surface area contributed by atoms with E-state index in [1.54, 1.807) is 16.6 Å². The number of carbonyl (C=O) groups is 1. The van der Waals surface area contributed by atoms with Crippen LogP contribution in [0.4, 0.5) is 22.2 Å². The molecule has 3 aromatic rings. The Balaban J connectivity index is 1.36. The predicted octanol–water partition coefficient (Wildman–Crippen LogP) is 4.59. The molecule has 1 saturated carbocycles. The molecular weight excluding hydrogens is 418 g/mol. The van der Waals surface area contributed by atoms with Gasteiger partial charge in [-0.15, -0.1) is 5.10 Å². The molecular formula is C24H29N7O2. The van der Waals surface area contributed by atoms with Crippen molar-refractivity contribution in [3.63, 3.8) is 0 Å². The molecule has 2 aromatic heterocycles. The molecule has 1 amide bonds. The highest BCUT2D eigenvalue weighted by atomic mass is 16.6. The van der Waals surface area contributed by atoms with Gasteiger partial charge in [0, 0.05) is 17.8 Å². The van der Waals surface area contributed by atoms with Crippen molar-refractivity contribution in [1.82, 2.24) is 19.9 Å². The van der Waals surface area contributed by atoms with Crippen LogP contribution >= 0.6 is 0 Å². The number of anilines is 3. The standard InChI is InChI=1S/C24H29N7O2/c1-24(2,3)33-23(32)28-19-13-11-17(12-14-19)26-20-5-4-6-21-29-22(30-31(20)21)27-18-9-7-16(15-25)8-10-18/h4-10,17,19,26H,11-14H2,1-3H3,(H,27,30)(H,28,32)/t17-,19+. The lowest BCUT2D eigenvalue weighted by Crippen LogP contribution is -2.42. The lowest BCUT2D eigenvalue weighted by Gasteiger charge is -2.31. The minimum atomic E-state index is -0.493. The molecule has 1 aliphatic carbocycles. The molecule has 0 atom stereocenters. The average molecular weight is 448 g/mol. The van der Waals surface area contributed by atoms with E-state index in [0.717, 1.165) is 42.8 Å². The smallest absolute Gasteiger partial charge is 0.407 e. The van der Waals surface area contributed by atoms with E-state index < -0.39 is 5.60 Å². The third-order valence-corrected chi connectivity index (χ3v) is 5.43. The number of nitrogens with one attached hydrogen (secondary N) is 3. The van der Waals surface area contributed by atoms with Crippen LogP contribution in [0.2, 0.25) is 0 Å². The van der Waals surface area contributed by atoms with Gasteiger partial charge in [-0.05, 0) is 82.9 Å². The van der Waals surface area contributed by atoms with Gasteiger partial charge in [-0.25, -0.2) is 4.79 Å². The molecule has 2 heterocycles. The highest BCUT2D eigenvalue weighted by Crippen LogP contribution is 2.24. The van der Waals surface area contributed by atoms with Gasteiger partial charge in [-0.2, -0.15) is 14.8 Å². The summed E-state index contributed by atoms with van der Waals surface area (Å²) in [4.78, 5) is 16.6. The van der Waals surface area contributed by atoms with Crippen molar-refractivity contribution < 1.29 is 9.53 Å². The molecule has 172 valence electrons. The molecule has 0 aliphatic heterocycles. The zero-order valence-electron chi connectivity index (χ0n) is 19.1. The van der Waals surface area contributed by atoms with Gasteiger partial charge < -0.3 is 20.7 Å². The fourth-order valence-electron chi connectivity index (χ4n) is 3.89. The first-order valence-corrected chi connectivity index (χ1v) is 11.2. The van der Waals surface area contributed by atoms with Gasteiger partial charge in [0.2, 0.25) is 5.95 Å². The molecule has 0 spiro atoms. The molecule has 1 aromatic carbocycles. The zero-order valence-corrected chi connectivity index (χ0v) is 19.1. The van der Waals surface area contributed by atoms with Gasteiger partial charge in [-0.1, -0.05) is 6.07 Å². The number of ether oxygens (including phenoxy) is 1. The fraction of sp³-hybridized carbons (Fsp3) is 0.417. The summed E-state index contributed by atoms with van der Waals surface area (Å²) in [6, 6.07) is 15.5. The van der Waals surface area contributed by atoms with E-state index in [2.05, 4.69) is 32.1 Å². The van der Waals surface area contributed by atoms with Crippen LogP contribution in [0.3, 0.4) is 0 Å². The number of hydrogen-bond donors (Lipinski definition) is 3. The summed E-state index contributed by atoms with van der Waals surface area (Å²) in [6.07, 6.45) is 3.28. The zero-order chi connectivity index (χ0) is 23.4. The summed E-state index contributed by atoms with van der Waals surface area (Å²) in [5.74, 6) is 1.36. The van der Waals surface area contributed by atoms with Crippen LogP contribution in [0.25, 0.3) is 5.65 Å². The van der Waals surface area contributed by atoms with Crippen LogP contribution in [0.5, 0.6) is 0 Å². The van der Waals surface area contributed by atoms with E-state index in [9.17, 15) is 4.79 Å². The monoisotopic (exact) mass is 447 g/mol. The average Bonchev–Trinajstić information content (AvgIpc) is 3.18. The normalized spacial score (nSPS) is 18.4. The van der Waals surface area contributed by atoms with Gasteiger partial charge in [0.15, 0.2) is 5.65 Å². The lowest BCUT2D eigenvalue weighted by atomic mass is 9.91. The largest absolute Gasteiger partial charge is 0.444 e. The SMILES string of the molecule is CC(C)(C)OC(=O)N[C@H]1CC[C@@H](Nc2cccc3nc(Nc4ccc(C#N)cc4)nn23)CC1. The second-order valence-corrected chi connectivity index (χ2v) is 9.27. The molecule has 1 aliphatic rings. The quantitative estimate of drug-likeness (QED) is 0.524. The Morgan fingerprint density at radius 2 is 1.79 bits per heavy atom. The number of fused-ring (bicyclic) bond motifs is 1. The fourth-order valence-corrected chi connectivity index (χ4v) is 3.89. The number of amides is 1. The predicted molar refractivity (Wildman–Crippen MR) is 126 cm³/mol. The summed E-state index contributed by atoms with van der Waals surface area (Å²) < 4.78 is 7.15. The number of hydrogen-bond acceptors (Lipinski definition) is 7. The Hall–Kier alpha value is -3.80. The molecule has 0 saturated heterocycles. The summed E-state index contributed by atoms with van der Waals surface area (Å²) in [7, 11) is 0. The molecule has 4 rings (SSSR count). The van der Waals surface area contributed by atoms with E-state index in [0.29, 0.717) is 11.5 Å². The number of carbonyl (C=O) groups excluding carboxylic acids is 1. The molecule has 0 unspecified atom stereocenters. The second-order valence-electron chi connectivity index (χ2n) is 9.27. The van der Waals surface area contributed by atoms with Gasteiger partial charge in [0.1, 0.15) is 11.4 Å². The first-order chi connectivity index (χ1) is 15.8. The van der Waals surface area contributed by atoms with Crippen molar-refractivity contribution in [2.24, 2.45) is 0 Å². The van der Waals surface area contributed by atoms with E-state index in [1.807, 2.05) is 51.1 Å². The Kier molecular flexibility index (Phi) is 6.36. The van der Waals surface area contributed by atoms with Crippen molar-refractivity contribution >= 4 is 29.2 Å². The molecule has 3 N–H and O–H groups in total. The van der Waals surface area contributed by atoms with Crippen LogP contribution in [-0.4, -0.2) is 38.4 Å². The Labute approximate surface area is 193 Å². The van der Waals surface area contributed by atoms with Crippen molar-refractivity contribution in [1.29, 1.82) is 5.26 Å². The van der Waals surface area contributed by atoms with Crippen LogP contribution in [0.1, 0.15) is 52.0 Å². The topological polar surface area (TPSA) is 116 Å². The third-order valence-electron chi connectivity index (χ3n) is 5.43. The van der Waals surface area contributed by atoms with Gasteiger partial charge in [0.25, 0.3) is 0 Å².